The summed E-state index contributed by atoms with van der Waals surface area (Å²) in [6.07, 6.45) is 0.148. The first-order chi connectivity index (χ1) is 11.6. The monoisotopic (exact) mass is 361 g/mol. The van der Waals surface area contributed by atoms with Gasteiger partial charge in [-0.05, 0) is 18.2 Å². The molecule has 0 saturated heterocycles. The van der Waals surface area contributed by atoms with Gasteiger partial charge in [-0.25, -0.2) is 0 Å². The fourth-order valence-corrected chi connectivity index (χ4v) is 3.57. The Bertz CT molecular complexity index is 765. The Morgan fingerprint density at radius 1 is 1.17 bits per heavy atom. The van der Waals surface area contributed by atoms with E-state index in [4.69, 9.17) is 16.3 Å². The zero-order chi connectivity index (χ0) is 16.9. The topological polar surface area (TPSA) is 46.6 Å². The molecule has 0 unspecified atom stereocenters. The lowest BCUT2D eigenvalue weighted by molar-refractivity contribution is -0.144. The molecule has 4 nitrogen and oxygen atoms in total. The molecule has 0 saturated carbocycles. The predicted molar refractivity (Wildman–Crippen MR) is 95.4 cm³/mol. The van der Waals surface area contributed by atoms with Crippen molar-refractivity contribution in [2.24, 2.45) is 0 Å². The number of benzene rings is 2. The number of thioether (sulfide) groups is 1. The van der Waals surface area contributed by atoms with Crippen LogP contribution < -0.4 is 4.90 Å². The Morgan fingerprint density at radius 2 is 1.92 bits per heavy atom. The van der Waals surface area contributed by atoms with E-state index in [1.807, 2.05) is 42.5 Å². The number of para-hydroxylation sites is 1. The Labute approximate surface area is 149 Å². The number of amides is 1. The van der Waals surface area contributed by atoms with Crippen LogP contribution in [0, 0.1) is 0 Å². The lowest BCUT2D eigenvalue weighted by atomic mass is 10.2. The Balaban J connectivity index is 1.57. The number of anilines is 1. The van der Waals surface area contributed by atoms with Crippen molar-refractivity contribution in [3.8, 4) is 0 Å². The van der Waals surface area contributed by atoms with Crippen LogP contribution in [0.15, 0.2) is 53.4 Å². The highest BCUT2D eigenvalue weighted by molar-refractivity contribution is 8.00. The molecule has 2 aromatic carbocycles. The number of nitrogens with zero attached hydrogens (tertiary/aromatic N) is 1. The van der Waals surface area contributed by atoms with Crippen molar-refractivity contribution >= 4 is 40.9 Å². The Kier molecular flexibility index (Phi) is 5.43. The molecule has 0 bridgehead atoms. The van der Waals surface area contributed by atoms with Crippen LogP contribution in [-0.4, -0.2) is 24.2 Å². The number of fused-ring (bicyclic) bond motifs is 1. The molecule has 0 aliphatic carbocycles. The highest BCUT2D eigenvalue weighted by Gasteiger charge is 2.24. The van der Waals surface area contributed by atoms with Crippen LogP contribution in [0.5, 0.6) is 0 Å². The first-order valence-corrected chi connectivity index (χ1v) is 8.93. The molecule has 0 atom stereocenters. The van der Waals surface area contributed by atoms with E-state index in [2.05, 4.69) is 0 Å². The quantitative estimate of drug-likeness (QED) is 0.757. The van der Waals surface area contributed by atoms with Gasteiger partial charge in [0.15, 0.2) is 0 Å². The van der Waals surface area contributed by atoms with Crippen molar-refractivity contribution in [3.05, 3.63) is 59.1 Å². The van der Waals surface area contributed by atoms with Gasteiger partial charge in [-0.1, -0.05) is 41.9 Å². The van der Waals surface area contributed by atoms with Gasteiger partial charge >= 0.3 is 5.97 Å². The second-order valence-corrected chi connectivity index (χ2v) is 6.73. The van der Waals surface area contributed by atoms with Gasteiger partial charge in [-0.15, -0.1) is 11.8 Å². The van der Waals surface area contributed by atoms with Crippen LogP contribution in [0.2, 0.25) is 5.02 Å². The summed E-state index contributed by atoms with van der Waals surface area (Å²) in [4.78, 5) is 26.8. The van der Waals surface area contributed by atoms with Crippen molar-refractivity contribution < 1.29 is 14.3 Å². The first kappa shape index (κ1) is 16.9. The SMILES string of the molecule is O=C(CCN1C(=O)CSc2ccccc21)OCc1ccccc1Cl. The molecule has 1 aliphatic rings. The van der Waals surface area contributed by atoms with Gasteiger partial charge in [0.2, 0.25) is 5.91 Å². The summed E-state index contributed by atoms with van der Waals surface area (Å²) >= 11 is 7.56. The summed E-state index contributed by atoms with van der Waals surface area (Å²) in [7, 11) is 0. The molecule has 1 aliphatic heterocycles. The minimum Gasteiger partial charge on any atom is -0.461 e. The lowest BCUT2D eigenvalue weighted by Gasteiger charge is -2.28. The van der Waals surface area contributed by atoms with E-state index in [-0.39, 0.29) is 24.9 Å². The molecule has 124 valence electrons. The van der Waals surface area contributed by atoms with Crippen molar-refractivity contribution in [3.63, 3.8) is 0 Å². The smallest absolute Gasteiger partial charge is 0.307 e. The molecule has 3 rings (SSSR count). The van der Waals surface area contributed by atoms with Gasteiger partial charge in [0, 0.05) is 22.0 Å². The summed E-state index contributed by atoms with van der Waals surface area (Å²) in [6.45, 7) is 0.455. The predicted octanol–water partition coefficient (Wildman–Crippen LogP) is 3.91. The largest absolute Gasteiger partial charge is 0.461 e. The fourth-order valence-electron chi connectivity index (χ4n) is 2.45. The number of ether oxygens (including phenoxy) is 1. The Morgan fingerprint density at radius 3 is 2.75 bits per heavy atom. The van der Waals surface area contributed by atoms with Crippen molar-refractivity contribution in [2.75, 3.05) is 17.2 Å². The zero-order valence-corrected chi connectivity index (χ0v) is 14.5. The molecular weight excluding hydrogens is 346 g/mol. The molecule has 24 heavy (non-hydrogen) atoms. The molecule has 0 fully saturated rings. The first-order valence-electron chi connectivity index (χ1n) is 7.56. The number of esters is 1. The van der Waals surface area contributed by atoms with Gasteiger partial charge in [0.05, 0.1) is 17.9 Å². The molecule has 1 amide bonds. The minimum atomic E-state index is -0.349. The third-order valence-corrected chi connectivity index (χ3v) is 5.11. The minimum absolute atomic E-state index is 0.0117. The molecule has 2 aromatic rings. The van der Waals surface area contributed by atoms with Crippen LogP contribution in [0.3, 0.4) is 0 Å². The number of rotatable bonds is 5. The molecule has 1 heterocycles. The van der Waals surface area contributed by atoms with Crippen LogP contribution in [-0.2, 0) is 20.9 Å². The van der Waals surface area contributed by atoms with Gasteiger partial charge < -0.3 is 9.64 Å². The van der Waals surface area contributed by atoms with Crippen LogP contribution >= 0.6 is 23.4 Å². The zero-order valence-electron chi connectivity index (χ0n) is 12.9. The number of hydrogen-bond acceptors (Lipinski definition) is 4. The van der Waals surface area contributed by atoms with E-state index >= 15 is 0 Å². The standard InChI is InChI=1S/C18H16ClNO3S/c19-14-6-2-1-5-13(14)11-23-18(22)9-10-20-15-7-3-4-8-16(15)24-12-17(20)21/h1-8H,9-12H2. The second kappa shape index (κ2) is 7.73. The summed E-state index contributed by atoms with van der Waals surface area (Å²) in [6, 6.07) is 15.0. The summed E-state index contributed by atoms with van der Waals surface area (Å²) in [5, 5.41) is 0.572. The molecule has 0 N–H and O–H groups in total. The van der Waals surface area contributed by atoms with Crippen molar-refractivity contribution in [1.29, 1.82) is 0 Å². The van der Waals surface area contributed by atoms with Crippen molar-refractivity contribution in [1.82, 2.24) is 0 Å². The van der Waals surface area contributed by atoms with Crippen LogP contribution in [0.4, 0.5) is 5.69 Å². The fraction of sp³-hybridized carbons (Fsp3) is 0.222. The van der Waals surface area contributed by atoms with Crippen LogP contribution in [0.1, 0.15) is 12.0 Å². The molecule has 0 spiro atoms. The molecule has 6 heteroatoms. The van der Waals surface area contributed by atoms with Gasteiger partial charge in [0.1, 0.15) is 6.61 Å². The summed E-state index contributed by atoms with van der Waals surface area (Å²) in [5.74, 6) is 0.0575. The highest BCUT2D eigenvalue weighted by Crippen LogP contribution is 2.34. The maximum Gasteiger partial charge on any atom is 0.307 e. The average molecular weight is 362 g/mol. The third-order valence-electron chi connectivity index (χ3n) is 3.69. The second-order valence-electron chi connectivity index (χ2n) is 5.30. The van der Waals surface area contributed by atoms with E-state index in [0.29, 0.717) is 17.3 Å². The summed E-state index contributed by atoms with van der Waals surface area (Å²) in [5.41, 5.74) is 1.63. The maximum absolute atomic E-state index is 12.1. The number of carbonyl (C=O) groups excluding carboxylic acids is 2. The molecule has 0 radical (unpaired) electrons. The number of carbonyl (C=O) groups is 2. The van der Waals surface area contributed by atoms with E-state index in [9.17, 15) is 9.59 Å². The van der Waals surface area contributed by atoms with Gasteiger partial charge in [-0.3, -0.25) is 9.59 Å². The number of halogens is 1. The lowest BCUT2D eigenvalue weighted by Crippen LogP contribution is -2.37. The molecular formula is C18H16ClNO3S. The van der Waals surface area contributed by atoms with E-state index in [0.717, 1.165) is 16.1 Å². The maximum atomic E-state index is 12.1. The third kappa shape index (κ3) is 3.91. The summed E-state index contributed by atoms with van der Waals surface area (Å²) < 4.78 is 5.26. The van der Waals surface area contributed by atoms with E-state index in [1.165, 1.54) is 11.8 Å². The van der Waals surface area contributed by atoms with Gasteiger partial charge in [-0.2, -0.15) is 0 Å². The normalized spacial score (nSPS) is 13.5. The molecule has 0 aromatic heterocycles. The van der Waals surface area contributed by atoms with Crippen LogP contribution in [0.25, 0.3) is 0 Å². The highest BCUT2D eigenvalue weighted by atomic mass is 35.5. The number of hydrogen-bond donors (Lipinski definition) is 0. The Hall–Kier alpha value is -1.98. The van der Waals surface area contributed by atoms with Gasteiger partial charge in [0.25, 0.3) is 0 Å². The average Bonchev–Trinajstić information content (AvgIpc) is 2.60. The van der Waals surface area contributed by atoms with E-state index < -0.39 is 0 Å². The van der Waals surface area contributed by atoms with E-state index in [1.54, 1.807) is 11.0 Å². The van der Waals surface area contributed by atoms with Crippen molar-refractivity contribution in [2.45, 2.75) is 17.9 Å².